The third kappa shape index (κ3) is 5.51. The molecule has 30 heavy (non-hydrogen) atoms. The molecule has 1 unspecified atom stereocenters. The van der Waals surface area contributed by atoms with E-state index in [9.17, 15) is 14.7 Å². The van der Waals surface area contributed by atoms with Crippen LogP contribution in [0.3, 0.4) is 0 Å². The molecule has 2 rings (SSSR count). The van der Waals surface area contributed by atoms with Gasteiger partial charge in [0.15, 0.2) is 5.54 Å². The molecule has 158 valence electrons. The van der Waals surface area contributed by atoms with Crippen molar-refractivity contribution in [3.05, 3.63) is 59.2 Å². The van der Waals surface area contributed by atoms with Crippen LogP contribution in [0.1, 0.15) is 49.8 Å². The summed E-state index contributed by atoms with van der Waals surface area (Å²) in [6.07, 6.45) is 2.14. The summed E-state index contributed by atoms with van der Waals surface area (Å²) in [5.74, 6) is -1.03. The number of aliphatic carboxylic acids is 1. The zero-order chi connectivity index (χ0) is 22.1. The van der Waals surface area contributed by atoms with Gasteiger partial charge in [0.2, 0.25) is 0 Å². The minimum Gasteiger partial charge on any atom is -0.479 e. The van der Waals surface area contributed by atoms with Gasteiger partial charge in [-0.15, -0.1) is 0 Å². The van der Waals surface area contributed by atoms with Crippen molar-refractivity contribution in [1.82, 2.24) is 5.32 Å². The smallest absolute Gasteiger partial charge is 0.334 e. The number of carboxylic acid groups (broad SMARTS) is 1. The molecule has 0 heterocycles. The predicted molar refractivity (Wildman–Crippen MR) is 117 cm³/mol. The van der Waals surface area contributed by atoms with Gasteiger partial charge in [-0.1, -0.05) is 26.3 Å². The molecule has 0 aromatic heterocycles. The number of urea groups is 1. The molecule has 2 aromatic carbocycles. The minimum absolute atomic E-state index is 0.272. The third-order valence-corrected chi connectivity index (χ3v) is 4.91. The van der Waals surface area contributed by atoms with Crippen LogP contribution in [0.15, 0.2) is 42.5 Å². The molecular formula is C23H28N4O3. The van der Waals surface area contributed by atoms with E-state index in [1.165, 1.54) is 0 Å². The van der Waals surface area contributed by atoms with Gasteiger partial charge in [0, 0.05) is 17.9 Å². The molecule has 1 atom stereocenters. The number of unbranched alkanes of at least 4 members (excludes halogenated alkanes) is 1. The molecule has 0 aliphatic rings. The molecule has 0 aliphatic carbocycles. The highest BCUT2D eigenvalue weighted by atomic mass is 16.4. The number of hydrogen-bond acceptors (Lipinski definition) is 4. The SMILES string of the molecule is CCCCNC(=O)Nc1cc(C)cc(C(CC)(Nc2ccc(C#N)cc2)C(=O)O)c1. The van der Waals surface area contributed by atoms with Gasteiger partial charge >= 0.3 is 12.0 Å². The Balaban J connectivity index is 2.36. The van der Waals surface area contributed by atoms with Crippen LogP contribution in [-0.4, -0.2) is 23.7 Å². The Kier molecular flexibility index (Phi) is 7.82. The molecule has 0 bridgehead atoms. The Morgan fingerprint density at radius 3 is 2.37 bits per heavy atom. The summed E-state index contributed by atoms with van der Waals surface area (Å²) in [6, 6.07) is 13.6. The van der Waals surface area contributed by atoms with E-state index in [-0.39, 0.29) is 12.5 Å². The fourth-order valence-corrected chi connectivity index (χ4v) is 3.22. The van der Waals surface area contributed by atoms with Crippen LogP contribution < -0.4 is 16.0 Å². The Labute approximate surface area is 177 Å². The van der Waals surface area contributed by atoms with Crippen LogP contribution in [0, 0.1) is 18.3 Å². The Hall–Kier alpha value is -3.53. The number of nitrogens with zero attached hydrogens (tertiary/aromatic N) is 1. The summed E-state index contributed by atoms with van der Waals surface area (Å²) in [7, 11) is 0. The van der Waals surface area contributed by atoms with Gasteiger partial charge in [-0.2, -0.15) is 5.26 Å². The van der Waals surface area contributed by atoms with Crippen molar-refractivity contribution >= 4 is 23.4 Å². The fraction of sp³-hybridized carbons (Fsp3) is 0.348. The topological polar surface area (TPSA) is 114 Å². The molecule has 0 saturated heterocycles. The summed E-state index contributed by atoms with van der Waals surface area (Å²) in [5.41, 5.74) is 1.58. The molecule has 7 nitrogen and oxygen atoms in total. The first-order valence-electron chi connectivity index (χ1n) is 10.0. The quantitative estimate of drug-likeness (QED) is 0.453. The van der Waals surface area contributed by atoms with Gasteiger partial charge in [0.1, 0.15) is 0 Å². The van der Waals surface area contributed by atoms with Crippen molar-refractivity contribution in [3.8, 4) is 6.07 Å². The summed E-state index contributed by atoms with van der Waals surface area (Å²) >= 11 is 0. The van der Waals surface area contributed by atoms with E-state index in [0.29, 0.717) is 29.0 Å². The van der Waals surface area contributed by atoms with Crippen LogP contribution in [-0.2, 0) is 10.3 Å². The monoisotopic (exact) mass is 408 g/mol. The summed E-state index contributed by atoms with van der Waals surface area (Å²) < 4.78 is 0. The lowest BCUT2D eigenvalue weighted by Crippen LogP contribution is -2.43. The highest BCUT2D eigenvalue weighted by Gasteiger charge is 2.39. The Morgan fingerprint density at radius 2 is 1.80 bits per heavy atom. The molecule has 7 heteroatoms. The van der Waals surface area contributed by atoms with Crippen molar-refractivity contribution in [2.75, 3.05) is 17.2 Å². The van der Waals surface area contributed by atoms with E-state index in [4.69, 9.17) is 5.26 Å². The number of rotatable bonds is 9. The van der Waals surface area contributed by atoms with E-state index in [1.54, 1.807) is 49.4 Å². The van der Waals surface area contributed by atoms with Gasteiger partial charge in [-0.3, -0.25) is 0 Å². The molecule has 0 saturated carbocycles. The van der Waals surface area contributed by atoms with Crippen molar-refractivity contribution in [3.63, 3.8) is 0 Å². The number of aryl methyl sites for hydroxylation is 1. The maximum absolute atomic E-state index is 12.4. The minimum atomic E-state index is -1.39. The lowest BCUT2D eigenvalue weighted by Gasteiger charge is -2.32. The second-order valence-electron chi connectivity index (χ2n) is 7.20. The second-order valence-corrected chi connectivity index (χ2v) is 7.20. The largest absolute Gasteiger partial charge is 0.479 e. The van der Waals surface area contributed by atoms with Crippen LogP contribution in [0.4, 0.5) is 16.2 Å². The number of benzene rings is 2. The van der Waals surface area contributed by atoms with Crippen molar-refractivity contribution in [2.24, 2.45) is 0 Å². The maximum atomic E-state index is 12.4. The fourth-order valence-electron chi connectivity index (χ4n) is 3.22. The number of nitrogens with one attached hydrogen (secondary N) is 3. The average molecular weight is 409 g/mol. The van der Waals surface area contributed by atoms with Crippen LogP contribution >= 0.6 is 0 Å². The molecule has 0 fully saturated rings. The number of hydrogen-bond donors (Lipinski definition) is 4. The lowest BCUT2D eigenvalue weighted by molar-refractivity contribution is -0.142. The molecule has 2 aromatic rings. The number of amides is 2. The zero-order valence-corrected chi connectivity index (χ0v) is 17.6. The number of carbonyl (C=O) groups is 2. The number of anilines is 2. The summed E-state index contributed by atoms with van der Waals surface area (Å²) in [4.78, 5) is 24.5. The standard InChI is InChI=1S/C23H28N4O3/c1-4-6-11-25-22(30)26-20-13-16(3)12-18(14-20)23(5-2,21(28)29)27-19-9-7-17(15-24)8-10-19/h7-10,12-14,27H,4-6,11H2,1-3H3,(H,28,29)(H2,25,26,30). The van der Waals surface area contributed by atoms with Crippen LogP contribution in [0.5, 0.6) is 0 Å². The number of nitriles is 1. The molecule has 0 radical (unpaired) electrons. The molecule has 0 spiro atoms. The first-order valence-corrected chi connectivity index (χ1v) is 10.0. The molecular weight excluding hydrogens is 380 g/mol. The predicted octanol–water partition coefficient (Wildman–Crippen LogP) is 4.59. The van der Waals surface area contributed by atoms with E-state index in [2.05, 4.69) is 16.0 Å². The van der Waals surface area contributed by atoms with E-state index in [0.717, 1.165) is 18.4 Å². The van der Waals surface area contributed by atoms with E-state index < -0.39 is 11.5 Å². The highest BCUT2D eigenvalue weighted by molar-refractivity contribution is 5.90. The van der Waals surface area contributed by atoms with Gasteiger partial charge in [0.05, 0.1) is 11.6 Å². The zero-order valence-electron chi connectivity index (χ0n) is 17.6. The Bertz CT molecular complexity index is 934. The maximum Gasteiger partial charge on any atom is 0.334 e. The van der Waals surface area contributed by atoms with Crippen molar-refractivity contribution in [1.29, 1.82) is 5.26 Å². The Morgan fingerprint density at radius 1 is 1.10 bits per heavy atom. The summed E-state index contributed by atoms with van der Waals surface area (Å²) in [5, 5.41) is 27.8. The van der Waals surface area contributed by atoms with Gasteiger partial charge in [0.25, 0.3) is 0 Å². The van der Waals surface area contributed by atoms with Crippen molar-refractivity contribution in [2.45, 2.75) is 45.6 Å². The van der Waals surface area contributed by atoms with E-state index in [1.807, 2.05) is 19.9 Å². The lowest BCUT2D eigenvalue weighted by atomic mass is 9.85. The van der Waals surface area contributed by atoms with E-state index >= 15 is 0 Å². The van der Waals surface area contributed by atoms with Crippen LogP contribution in [0.25, 0.3) is 0 Å². The number of carbonyl (C=O) groups excluding carboxylic acids is 1. The molecule has 2 amide bonds. The van der Waals surface area contributed by atoms with Crippen LogP contribution in [0.2, 0.25) is 0 Å². The van der Waals surface area contributed by atoms with Gasteiger partial charge in [-0.05, 0) is 67.3 Å². The summed E-state index contributed by atoms with van der Waals surface area (Å²) in [6.45, 7) is 6.27. The first-order chi connectivity index (χ1) is 14.3. The molecule has 0 aliphatic heterocycles. The second kappa shape index (κ2) is 10.3. The normalized spacial score (nSPS) is 12.3. The van der Waals surface area contributed by atoms with Gasteiger partial charge < -0.3 is 21.1 Å². The van der Waals surface area contributed by atoms with Crippen molar-refractivity contribution < 1.29 is 14.7 Å². The third-order valence-electron chi connectivity index (χ3n) is 4.91. The average Bonchev–Trinajstić information content (AvgIpc) is 2.72. The van der Waals surface area contributed by atoms with Gasteiger partial charge in [-0.25, -0.2) is 9.59 Å². The molecule has 4 N–H and O–H groups in total. The number of carboxylic acids is 1. The first kappa shape index (κ1) is 22.8. The highest BCUT2D eigenvalue weighted by Crippen LogP contribution is 2.33.